The van der Waals surface area contributed by atoms with Crippen molar-refractivity contribution in [2.24, 2.45) is 5.92 Å². The van der Waals surface area contributed by atoms with Crippen molar-refractivity contribution in [3.8, 4) is 5.75 Å². The third-order valence-corrected chi connectivity index (χ3v) is 6.03. The van der Waals surface area contributed by atoms with Gasteiger partial charge in [-0.15, -0.1) is 0 Å². The normalized spacial score (nSPS) is 23.1. The summed E-state index contributed by atoms with van der Waals surface area (Å²) in [6, 6.07) is 13.5. The Balaban J connectivity index is 1.74. The fourth-order valence-electron chi connectivity index (χ4n) is 4.61. The number of Topliss-reactive ketones (excluding diaryl/α,β-unsaturated/α-hetero) is 1. The van der Waals surface area contributed by atoms with Crippen LogP contribution in [-0.4, -0.2) is 25.5 Å². The van der Waals surface area contributed by atoms with Crippen molar-refractivity contribution in [2.45, 2.75) is 31.6 Å². The van der Waals surface area contributed by atoms with E-state index in [9.17, 15) is 9.59 Å². The molecule has 1 aliphatic heterocycles. The second-order valence-electron chi connectivity index (χ2n) is 7.87. The number of benzene rings is 1. The van der Waals surface area contributed by atoms with E-state index < -0.39 is 11.8 Å². The Morgan fingerprint density at radius 3 is 2.61 bits per heavy atom. The standard InChI is InChI=1S/C25H26N2O4/c1-4-31-25(29)22-15(2)27-20-13-17(16-8-10-18(30-3)11-9-16)14-21(28)23(20)24(22)19-7-5-6-12-26-19/h5-12,17,22,24,27H,2,4,13-14H2,1,3H3/p+1. The van der Waals surface area contributed by atoms with Crippen molar-refractivity contribution >= 4 is 11.8 Å². The molecule has 160 valence electrons. The van der Waals surface area contributed by atoms with Gasteiger partial charge in [-0.05, 0) is 37.0 Å². The summed E-state index contributed by atoms with van der Waals surface area (Å²) < 4.78 is 10.6. The van der Waals surface area contributed by atoms with Crippen LogP contribution in [0.15, 0.2) is 72.2 Å². The molecule has 1 aliphatic carbocycles. The highest BCUT2D eigenvalue weighted by Gasteiger charge is 2.47. The van der Waals surface area contributed by atoms with Gasteiger partial charge in [-0.2, -0.15) is 0 Å². The zero-order valence-electron chi connectivity index (χ0n) is 17.8. The van der Waals surface area contributed by atoms with Crippen molar-refractivity contribution in [3.05, 3.63) is 83.5 Å². The van der Waals surface area contributed by atoms with E-state index in [1.807, 2.05) is 42.5 Å². The van der Waals surface area contributed by atoms with Gasteiger partial charge < -0.3 is 14.8 Å². The third-order valence-electron chi connectivity index (χ3n) is 6.03. The molecule has 3 atom stereocenters. The molecule has 0 saturated heterocycles. The number of carbonyl (C=O) groups excluding carboxylic acids is 2. The van der Waals surface area contributed by atoms with Gasteiger partial charge in [-0.3, -0.25) is 9.59 Å². The number of H-pyrrole nitrogens is 1. The molecule has 1 aromatic heterocycles. The Hall–Kier alpha value is -3.41. The molecule has 0 saturated carbocycles. The molecule has 6 nitrogen and oxygen atoms in total. The predicted molar refractivity (Wildman–Crippen MR) is 115 cm³/mol. The van der Waals surface area contributed by atoms with Crippen molar-refractivity contribution < 1.29 is 24.0 Å². The number of nitrogens with one attached hydrogen (secondary N) is 2. The van der Waals surface area contributed by atoms with E-state index in [4.69, 9.17) is 9.47 Å². The van der Waals surface area contributed by atoms with Gasteiger partial charge in [0.05, 0.1) is 19.6 Å². The van der Waals surface area contributed by atoms with Gasteiger partial charge in [0.2, 0.25) is 0 Å². The molecular weight excluding hydrogens is 392 g/mol. The summed E-state index contributed by atoms with van der Waals surface area (Å²) >= 11 is 0. The average Bonchev–Trinajstić information content (AvgIpc) is 2.78. The lowest BCUT2D eigenvalue weighted by molar-refractivity contribution is -0.392. The maximum atomic E-state index is 13.4. The molecule has 31 heavy (non-hydrogen) atoms. The largest absolute Gasteiger partial charge is 0.497 e. The number of esters is 1. The predicted octanol–water partition coefficient (Wildman–Crippen LogP) is 3.29. The number of ketones is 1. The van der Waals surface area contributed by atoms with E-state index in [1.54, 1.807) is 20.2 Å². The van der Waals surface area contributed by atoms with Crippen LogP contribution in [0.1, 0.15) is 42.9 Å². The molecule has 0 fully saturated rings. The molecule has 0 bridgehead atoms. The van der Waals surface area contributed by atoms with Crippen LogP contribution in [0.25, 0.3) is 0 Å². The van der Waals surface area contributed by atoms with Crippen molar-refractivity contribution in [1.29, 1.82) is 0 Å². The smallest absolute Gasteiger partial charge is 0.316 e. The highest BCUT2D eigenvalue weighted by Crippen LogP contribution is 2.46. The summed E-state index contributed by atoms with van der Waals surface area (Å²) in [6.07, 6.45) is 2.86. The molecule has 3 unspecified atom stereocenters. The summed E-state index contributed by atoms with van der Waals surface area (Å²) in [5, 5.41) is 3.29. The first-order chi connectivity index (χ1) is 15.0. The molecule has 0 spiro atoms. The fraction of sp³-hybridized carbons (Fsp3) is 0.320. The van der Waals surface area contributed by atoms with E-state index in [-0.39, 0.29) is 24.3 Å². The number of pyridine rings is 1. The minimum absolute atomic E-state index is 0.0404. The summed E-state index contributed by atoms with van der Waals surface area (Å²) in [5.74, 6) is -0.617. The van der Waals surface area contributed by atoms with Crippen LogP contribution in [0.4, 0.5) is 0 Å². The zero-order valence-corrected chi connectivity index (χ0v) is 17.8. The summed E-state index contributed by atoms with van der Waals surface area (Å²) in [7, 11) is 1.63. The van der Waals surface area contributed by atoms with Gasteiger partial charge in [0.25, 0.3) is 0 Å². The highest BCUT2D eigenvalue weighted by molar-refractivity contribution is 6.00. The topological polar surface area (TPSA) is 78.8 Å². The number of carbonyl (C=O) groups is 2. The molecule has 4 rings (SSSR count). The van der Waals surface area contributed by atoms with Gasteiger partial charge in [-0.1, -0.05) is 24.8 Å². The number of allylic oxidation sites excluding steroid dienone is 2. The van der Waals surface area contributed by atoms with E-state index in [0.29, 0.717) is 24.1 Å². The Morgan fingerprint density at radius 1 is 1.19 bits per heavy atom. The molecule has 2 aromatic rings. The monoisotopic (exact) mass is 419 g/mol. The van der Waals surface area contributed by atoms with Crippen LogP contribution in [-0.2, 0) is 14.3 Å². The Morgan fingerprint density at radius 2 is 1.97 bits per heavy atom. The molecule has 1 aromatic carbocycles. The first-order valence-electron chi connectivity index (χ1n) is 10.5. The lowest BCUT2D eigenvalue weighted by Gasteiger charge is -2.38. The van der Waals surface area contributed by atoms with Gasteiger partial charge >= 0.3 is 5.97 Å². The van der Waals surface area contributed by atoms with Crippen LogP contribution in [0.2, 0.25) is 0 Å². The number of methoxy groups -OCH3 is 1. The van der Waals surface area contributed by atoms with Crippen molar-refractivity contribution in [2.75, 3.05) is 13.7 Å². The Bertz CT molecular complexity index is 1030. The first kappa shape index (κ1) is 20.8. The van der Waals surface area contributed by atoms with Gasteiger partial charge in [-0.25, -0.2) is 4.98 Å². The second-order valence-corrected chi connectivity index (χ2v) is 7.87. The van der Waals surface area contributed by atoms with Crippen LogP contribution in [0, 0.1) is 5.92 Å². The number of ether oxygens (including phenoxy) is 2. The zero-order chi connectivity index (χ0) is 22.0. The quantitative estimate of drug-likeness (QED) is 0.753. The fourth-order valence-corrected chi connectivity index (χ4v) is 4.61. The van der Waals surface area contributed by atoms with Crippen molar-refractivity contribution in [1.82, 2.24) is 5.32 Å². The number of hydrogen-bond donors (Lipinski definition) is 1. The number of aromatic amines is 1. The lowest BCUT2D eigenvalue weighted by atomic mass is 9.70. The number of aromatic nitrogens is 1. The summed E-state index contributed by atoms with van der Waals surface area (Å²) in [4.78, 5) is 29.5. The number of hydrogen-bond acceptors (Lipinski definition) is 5. The second kappa shape index (κ2) is 8.76. The van der Waals surface area contributed by atoms with E-state index in [1.165, 1.54) is 0 Å². The summed E-state index contributed by atoms with van der Waals surface area (Å²) in [6.45, 7) is 6.17. The Kier molecular flexibility index (Phi) is 5.89. The molecule has 2 heterocycles. The maximum Gasteiger partial charge on any atom is 0.316 e. The van der Waals surface area contributed by atoms with Crippen LogP contribution < -0.4 is 15.0 Å². The van der Waals surface area contributed by atoms with Crippen LogP contribution >= 0.6 is 0 Å². The van der Waals surface area contributed by atoms with E-state index in [0.717, 1.165) is 22.7 Å². The molecule has 0 amide bonds. The SMILES string of the molecule is C=C1NC2=C(C(=O)CC(c3ccc(OC)cc3)C2)C(c2cccc[nH+]2)C1C(=O)OCC. The highest BCUT2D eigenvalue weighted by atomic mass is 16.5. The lowest BCUT2D eigenvalue weighted by Crippen LogP contribution is -2.43. The van der Waals surface area contributed by atoms with Gasteiger partial charge in [0.15, 0.2) is 17.7 Å². The average molecular weight is 420 g/mol. The first-order valence-corrected chi connectivity index (χ1v) is 10.5. The maximum absolute atomic E-state index is 13.4. The van der Waals surface area contributed by atoms with Crippen LogP contribution in [0.3, 0.4) is 0 Å². The van der Waals surface area contributed by atoms with E-state index >= 15 is 0 Å². The minimum atomic E-state index is -0.668. The number of rotatable bonds is 5. The van der Waals surface area contributed by atoms with Crippen LogP contribution in [0.5, 0.6) is 5.75 Å². The summed E-state index contributed by atoms with van der Waals surface area (Å²) in [5.41, 5.74) is 3.93. The molecule has 6 heteroatoms. The Labute approximate surface area is 182 Å². The molecule has 2 N–H and O–H groups in total. The van der Waals surface area contributed by atoms with E-state index in [2.05, 4.69) is 16.9 Å². The van der Waals surface area contributed by atoms with Gasteiger partial charge in [0, 0.05) is 35.5 Å². The van der Waals surface area contributed by atoms with Crippen molar-refractivity contribution in [3.63, 3.8) is 0 Å². The molecule has 2 aliphatic rings. The third kappa shape index (κ3) is 3.98. The molecule has 0 radical (unpaired) electrons. The minimum Gasteiger partial charge on any atom is -0.497 e. The van der Waals surface area contributed by atoms with Gasteiger partial charge in [0.1, 0.15) is 11.7 Å². The molecular formula is C25H27N2O4+.